The van der Waals surface area contributed by atoms with E-state index in [9.17, 15) is 4.79 Å². The molecule has 0 aliphatic carbocycles. The summed E-state index contributed by atoms with van der Waals surface area (Å²) in [5.41, 5.74) is 4.30. The van der Waals surface area contributed by atoms with Crippen LogP contribution in [-0.2, 0) is 13.1 Å². The molecule has 2 aromatic heterocycles. The molecule has 0 atom stereocenters. The van der Waals surface area contributed by atoms with Crippen LogP contribution in [0.5, 0.6) is 0 Å². The number of aromatic nitrogens is 4. The van der Waals surface area contributed by atoms with Crippen LogP contribution in [0.15, 0.2) is 47.3 Å². The number of hydrogen-bond acceptors (Lipinski definition) is 4. The van der Waals surface area contributed by atoms with E-state index in [1.165, 1.54) is 11.1 Å². The highest BCUT2D eigenvalue weighted by Gasteiger charge is 2.15. The van der Waals surface area contributed by atoms with Gasteiger partial charge in [0.15, 0.2) is 5.82 Å². The van der Waals surface area contributed by atoms with E-state index in [1.807, 2.05) is 35.6 Å². The zero-order chi connectivity index (χ0) is 18.3. The Kier molecular flexibility index (Phi) is 3.95. The largest absolute Gasteiger partial charge is 0.378 e. The molecule has 2 heterocycles. The van der Waals surface area contributed by atoms with Gasteiger partial charge in [-0.2, -0.15) is 0 Å². The molecule has 1 N–H and O–H groups in total. The molecule has 4 rings (SSSR count). The third kappa shape index (κ3) is 2.54. The Balaban J connectivity index is 1.84. The first-order valence-corrected chi connectivity index (χ1v) is 8.77. The molecule has 2 aromatic carbocycles. The molecule has 0 spiro atoms. The van der Waals surface area contributed by atoms with Gasteiger partial charge in [-0.3, -0.25) is 13.8 Å². The maximum Gasteiger partial charge on any atom is 0.262 e. The lowest BCUT2D eigenvalue weighted by Gasteiger charge is -2.12. The van der Waals surface area contributed by atoms with E-state index >= 15 is 0 Å². The highest BCUT2D eigenvalue weighted by atomic mass is 16.1. The second-order valence-electron chi connectivity index (χ2n) is 6.49. The molecule has 6 nitrogen and oxygen atoms in total. The first-order valence-electron chi connectivity index (χ1n) is 8.77. The smallest absolute Gasteiger partial charge is 0.262 e. The average molecular weight is 347 g/mol. The quantitative estimate of drug-likeness (QED) is 0.615. The van der Waals surface area contributed by atoms with E-state index in [0.29, 0.717) is 24.3 Å². The second-order valence-corrected chi connectivity index (χ2v) is 6.49. The van der Waals surface area contributed by atoms with E-state index in [4.69, 9.17) is 0 Å². The molecule has 4 aromatic rings. The van der Waals surface area contributed by atoms with Crippen molar-refractivity contribution in [1.82, 2.24) is 19.2 Å². The summed E-state index contributed by atoms with van der Waals surface area (Å²) < 4.78 is 3.63. The van der Waals surface area contributed by atoms with Gasteiger partial charge in [0.05, 0.1) is 17.4 Å². The van der Waals surface area contributed by atoms with Crippen molar-refractivity contribution < 1.29 is 0 Å². The summed E-state index contributed by atoms with van der Waals surface area (Å²) in [5, 5.41) is 12.7. The molecule has 0 saturated heterocycles. The predicted molar refractivity (Wildman–Crippen MR) is 104 cm³/mol. The van der Waals surface area contributed by atoms with Crippen molar-refractivity contribution in [2.75, 3.05) is 5.32 Å². The van der Waals surface area contributed by atoms with Crippen LogP contribution >= 0.6 is 0 Å². The van der Waals surface area contributed by atoms with E-state index in [-0.39, 0.29) is 5.56 Å². The first-order chi connectivity index (χ1) is 12.6. The standard InChI is InChI=1S/C20H21N5O/c1-4-24-19(26)15-7-5-6-8-17(15)25-18(22-23-20(24)25)12-21-16-10-9-13(2)11-14(16)3/h5-11,21H,4,12H2,1-3H3. The van der Waals surface area contributed by atoms with Crippen molar-refractivity contribution in [2.24, 2.45) is 0 Å². The molecule has 132 valence electrons. The lowest BCUT2D eigenvalue weighted by atomic mass is 10.1. The van der Waals surface area contributed by atoms with E-state index in [2.05, 4.69) is 47.6 Å². The van der Waals surface area contributed by atoms with Gasteiger partial charge in [-0.15, -0.1) is 10.2 Å². The van der Waals surface area contributed by atoms with E-state index in [0.717, 1.165) is 17.0 Å². The van der Waals surface area contributed by atoms with Gasteiger partial charge in [0, 0.05) is 12.2 Å². The van der Waals surface area contributed by atoms with Crippen molar-refractivity contribution in [1.29, 1.82) is 0 Å². The fourth-order valence-electron chi connectivity index (χ4n) is 3.40. The van der Waals surface area contributed by atoms with Crippen LogP contribution in [0, 0.1) is 13.8 Å². The number of hydrogen-bond donors (Lipinski definition) is 1. The highest BCUT2D eigenvalue weighted by Crippen LogP contribution is 2.18. The van der Waals surface area contributed by atoms with Crippen LogP contribution < -0.4 is 10.9 Å². The number of para-hydroxylation sites is 1. The molecule has 0 radical (unpaired) electrons. The summed E-state index contributed by atoms with van der Waals surface area (Å²) >= 11 is 0. The molecule has 0 unspecified atom stereocenters. The van der Waals surface area contributed by atoms with Gasteiger partial charge in [-0.1, -0.05) is 29.8 Å². The van der Waals surface area contributed by atoms with Crippen LogP contribution in [-0.4, -0.2) is 19.2 Å². The van der Waals surface area contributed by atoms with Crippen LogP contribution in [0.4, 0.5) is 5.69 Å². The van der Waals surface area contributed by atoms with Crippen LogP contribution in [0.25, 0.3) is 16.7 Å². The Morgan fingerprint density at radius 1 is 1.08 bits per heavy atom. The SMILES string of the molecule is CCn1c(=O)c2ccccc2n2c(CNc3ccc(C)cc3C)nnc12. The Bertz CT molecular complexity index is 1170. The van der Waals surface area contributed by atoms with Gasteiger partial charge in [-0.05, 0) is 44.5 Å². The Hall–Kier alpha value is -3.15. The number of nitrogens with zero attached hydrogens (tertiary/aromatic N) is 4. The third-order valence-electron chi connectivity index (χ3n) is 4.71. The molecule has 0 aliphatic heterocycles. The lowest BCUT2D eigenvalue weighted by molar-refractivity contribution is 0.734. The maximum absolute atomic E-state index is 12.7. The highest BCUT2D eigenvalue weighted by molar-refractivity contribution is 5.80. The number of fused-ring (bicyclic) bond motifs is 3. The third-order valence-corrected chi connectivity index (χ3v) is 4.71. The van der Waals surface area contributed by atoms with Crippen molar-refractivity contribution in [2.45, 2.75) is 33.9 Å². The molecule has 0 saturated carbocycles. The number of rotatable bonds is 4. The van der Waals surface area contributed by atoms with Gasteiger partial charge < -0.3 is 5.32 Å². The van der Waals surface area contributed by atoms with Gasteiger partial charge in [-0.25, -0.2) is 0 Å². The van der Waals surface area contributed by atoms with Gasteiger partial charge in [0.2, 0.25) is 5.78 Å². The number of benzene rings is 2. The minimum Gasteiger partial charge on any atom is -0.378 e. The Morgan fingerprint density at radius 3 is 2.65 bits per heavy atom. The van der Waals surface area contributed by atoms with Crippen LogP contribution in [0.1, 0.15) is 23.9 Å². The minimum absolute atomic E-state index is 0.0307. The molecular weight excluding hydrogens is 326 g/mol. The molecular formula is C20H21N5O. The zero-order valence-electron chi connectivity index (χ0n) is 15.2. The topological polar surface area (TPSA) is 64.2 Å². The first kappa shape index (κ1) is 16.3. The second kappa shape index (κ2) is 6.29. The lowest BCUT2D eigenvalue weighted by Crippen LogP contribution is -2.23. The summed E-state index contributed by atoms with van der Waals surface area (Å²) in [6.07, 6.45) is 0. The van der Waals surface area contributed by atoms with Crippen molar-refractivity contribution in [3.8, 4) is 0 Å². The zero-order valence-corrected chi connectivity index (χ0v) is 15.2. The van der Waals surface area contributed by atoms with Crippen molar-refractivity contribution in [3.63, 3.8) is 0 Å². The molecule has 6 heteroatoms. The summed E-state index contributed by atoms with van der Waals surface area (Å²) in [4.78, 5) is 12.7. The molecule has 0 aliphatic rings. The predicted octanol–water partition coefficient (Wildman–Crippen LogP) is 3.29. The van der Waals surface area contributed by atoms with E-state index in [1.54, 1.807) is 4.57 Å². The van der Waals surface area contributed by atoms with E-state index < -0.39 is 0 Å². The van der Waals surface area contributed by atoms with Crippen molar-refractivity contribution >= 4 is 22.4 Å². The van der Waals surface area contributed by atoms with Gasteiger partial charge in [0.25, 0.3) is 5.56 Å². The fourth-order valence-corrected chi connectivity index (χ4v) is 3.40. The van der Waals surface area contributed by atoms with Crippen LogP contribution in [0.3, 0.4) is 0 Å². The fraction of sp³-hybridized carbons (Fsp3) is 0.250. The summed E-state index contributed by atoms with van der Waals surface area (Å²) in [6, 6.07) is 13.9. The Morgan fingerprint density at radius 2 is 1.88 bits per heavy atom. The summed E-state index contributed by atoms with van der Waals surface area (Å²) in [7, 11) is 0. The van der Waals surface area contributed by atoms with Crippen LogP contribution in [0.2, 0.25) is 0 Å². The molecule has 0 fully saturated rings. The summed E-state index contributed by atoms with van der Waals surface area (Å²) in [5.74, 6) is 1.35. The molecule has 0 bridgehead atoms. The normalized spacial score (nSPS) is 11.3. The van der Waals surface area contributed by atoms with Crippen molar-refractivity contribution in [3.05, 3.63) is 69.8 Å². The minimum atomic E-state index is -0.0307. The summed E-state index contributed by atoms with van der Waals surface area (Å²) in [6.45, 7) is 7.19. The average Bonchev–Trinajstić information content (AvgIpc) is 3.05. The number of nitrogens with one attached hydrogen (secondary N) is 1. The number of anilines is 1. The maximum atomic E-state index is 12.7. The molecule has 0 amide bonds. The Labute approximate surface area is 151 Å². The molecule has 26 heavy (non-hydrogen) atoms. The van der Waals surface area contributed by atoms with Gasteiger partial charge >= 0.3 is 0 Å². The van der Waals surface area contributed by atoms with Gasteiger partial charge in [0.1, 0.15) is 0 Å². The monoisotopic (exact) mass is 347 g/mol. The number of aryl methyl sites for hydroxylation is 3.